The van der Waals surface area contributed by atoms with Crippen LogP contribution in [0.4, 0.5) is 26.3 Å². The number of carbonyl (C=O) groups is 2. The fraction of sp³-hybridized carbons (Fsp3) is 0.500. The van der Waals surface area contributed by atoms with Crippen molar-refractivity contribution in [2.45, 2.75) is 38.7 Å². The first kappa shape index (κ1) is 21.8. The summed E-state index contributed by atoms with van der Waals surface area (Å²) in [5.41, 5.74) is -4.09. The number of esters is 1. The van der Waals surface area contributed by atoms with E-state index in [1.165, 1.54) is 0 Å². The van der Waals surface area contributed by atoms with E-state index < -0.39 is 52.9 Å². The molecule has 0 aliphatic rings. The molecule has 0 aliphatic heterocycles. The Hall–Kier alpha value is -2.26. The number of methoxy groups -OCH3 is 1. The summed E-state index contributed by atoms with van der Waals surface area (Å²) in [6, 6.07) is -0.685. The zero-order valence-corrected chi connectivity index (χ0v) is 14.1. The molecular weight excluding hydrogens is 368 g/mol. The van der Waals surface area contributed by atoms with Gasteiger partial charge in [-0.3, -0.25) is 4.79 Å². The Labute approximate surface area is 145 Å². The normalized spacial score (nSPS) is 14.5. The first-order valence-corrected chi connectivity index (χ1v) is 7.49. The molecule has 10 heteroatoms. The highest BCUT2D eigenvalue weighted by Crippen LogP contribution is 2.36. The molecule has 2 atom stereocenters. The molecule has 0 unspecified atom stereocenters. The zero-order valence-electron chi connectivity index (χ0n) is 14.1. The molecule has 0 heterocycles. The lowest BCUT2D eigenvalue weighted by molar-refractivity contribution is -0.145. The smallest absolute Gasteiger partial charge is 0.416 e. The predicted molar refractivity (Wildman–Crippen MR) is 79.2 cm³/mol. The van der Waals surface area contributed by atoms with Crippen molar-refractivity contribution in [1.82, 2.24) is 5.32 Å². The van der Waals surface area contributed by atoms with Gasteiger partial charge in [-0.05, 0) is 24.1 Å². The summed E-state index contributed by atoms with van der Waals surface area (Å²) in [6.07, 6.45) is -9.74. The molecule has 0 spiro atoms. The number of hydrogen-bond acceptors (Lipinski definition) is 3. The van der Waals surface area contributed by atoms with Crippen molar-refractivity contribution in [3.8, 4) is 0 Å². The van der Waals surface area contributed by atoms with Gasteiger partial charge in [0, 0.05) is 5.56 Å². The lowest BCUT2D eigenvalue weighted by Crippen LogP contribution is -2.45. The van der Waals surface area contributed by atoms with E-state index in [1.54, 1.807) is 13.8 Å². The third kappa shape index (κ3) is 5.37. The number of rotatable bonds is 5. The minimum Gasteiger partial charge on any atom is -0.467 e. The SMILES string of the molecule is CC[C@@H](C)[C@@H](NC(=O)c1cc(C(F)(F)F)cc(C(F)(F)F)c1)C(=O)OC. The molecule has 4 nitrogen and oxygen atoms in total. The van der Waals surface area contributed by atoms with Crippen LogP contribution in [0.25, 0.3) is 0 Å². The van der Waals surface area contributed by atoms with E-state index in [4.69, 9.17) is 0 Å². The number of hydrogen-bond donors (Lipinski definition) is 1. The van der Waals surface area contributed by atoms with Crippen molar-refractivity contribution in [2.75, 3.05) is 7.11 Å². The highest BCUT2D eigenvalue weighted by atomic mass is 19.4. The van der Waals surface area contributed by atoms with Gasteiger partial charge in [0.1, 0.15) is 6.04 Å². The van der Waals surface area contributed by atoms with Gasteiger partial charge in [-0.2, -0.15) is 26.3 Å². The van der Waals surface area contributed by atoms with Crippen LogP contribution in [0.2, 0.25) is 0 Å². The van der Waals surface area contributed by atoms with Gasteiger partial charge < -0.3 is 10.1 Å². The lowest BCUT2D eigenvalue weighted by atomic mass is 9.98. The molecule has 0 aromatic heterocycles. The van der Waals surface area contributed by atoms with Gasteiger partial charge in [-0.1, -0.05) is 20.3 Å². The van der Waals surface area contributed by atoms with Gasteiger partial charge >= 0.3 is 18.3 Å². The number of benzene rings is 1. The Morgan fingerprint density at radius 3 is 1.85 bits per heavy atom. The summed E-state index contributed by atoms with van der Waals surface area (Å²) in [5, 5.41) is 2.14. The Morgan fingerprint density at radius 1 is 1.04 bits per heavy atom. The summed E-state index contributed by atoms with van der Waals surface area (Å²) < 4.78 is 81.6. The molecule has 0 fully saturated rings. The molecule has 146 valence electrons. The Balaban J connectivity index is 3.31. The van der Waals surface area contributed by atoms with Crippen LogP contribution in [-0.4, -0.2) is 25.0 Å². The van der Waals surface area contributed by atoms with Crippen LogP contribution >= 0.6 is 0 Å². The molecule has 0 saturated carbocycles. The largest absolute Gasteiger partial charge is 0.467 e. The lowest BCUT2D eigenvalue weighted by Gasteiger charge is -2.22. The minimum absolute atomic E-state index is 0.0801. The maximum atomic E-state index is 12.9. The van der Waals surface area contributed by atoms with Gasteiger partial charge in [-0.15, -0.1) is 0 Å². The van der Waals surface area contributed by atoms with Crippen LogP contribution in [0.3, 0.4) is 0 Å². The molecule has 1 N–H and O–H groups in total. The van der Waals surface area contributed by atoms with Crippen LogP contribution in [0.1, 0.15) is 41.8 Å². The van der Waals surface area contributed by atoms with E-state index in [-0.39, 0.29) is 6.07 Å². The minimum atomic E-state index is -5.07. The van der Waals surface area contributed by atoms with E-state index in [0.717, 1.165) is 7.11 Å². The summed E-state index contributed by atoms with van der Waals surface area (Å²) in [6.45, 7) is 3.27. The molecule has 26 heavy (non-hydrogen) atoms. The molecule has 0 saturated heterocycles. The van der Waals surface area contributed by atoms with E-state index in [1.807, 2.05) is 0 Å². The third-order valence-corrected chi connectivity index (χ3v) is 3.80. The van der Waals surface area contributed by atoms with Crippen LogP contribution in [0.5, 0.6) is 0 Å². The van der Waals surface area contributed by atoms with Crippen LogP contribution in [0, 0.1) is 5.92 Å². The quantitative estimate of drug-likeness (QED) is 0.615. The highest BCUT2D eigenvalue weighted by molar-refractivity contribution is 5.97. The fourth-order valence-corrected chi connectivity index (χ4v) is 2.11. The highest BCUT2D eigenvalue weighted by Gasteiger charge is 2.38. The molecule has 0 radical (unpaired) electrons. The first-order chi connectivity index (χ1) is 11.8. The summed E-state index contributed by atoms with van der Waals surface area (Å²) in [4.78, 5) is 23.9. The molecule has 1 rings (SSSR count). The molecular formula is C16H17F6NO3. The number of alkyl halides is 6. The van der Waals surface area contributed by atoms with Gasteiger partial charge in [0.25, 0.3) is 5.91 Å². The van der Waals surface area contributed by atoms with Gasteiger partial charge in [0.05, 0.1) is 18.2 Å². The Bertz CT molecular complexity index is 637. The second-order valence-electron chi connectivity index (χ2n) is 5.65. The van der Waals surface area contributed by atoms with Crippen molar-refractivity contribution < 1.29 is 40.7 Å². The van der Waals surface area contributed by atoms with Crippen molar-refractivity contribution in [2.24, 2.45) is 5.92 Å². The summed E-state index contributed by atoms with van der Waals surface area (Å²) in [7, 11) is 1.05. The van der Waals surface area contributed by atoms with Crippen molar-refractivity contribution in [1.29, 1.82) is 0 Å². The van der Waals surface area contributed by atoms with Gasteiger partial charge in [-0.25, -0.2) is 4.79 Å². The second kappa shape index (κ2) is 7.96. The number of carbonyl (C=O) groups excluding carboxylic acids is 2. The van der Waals surface area contributed by atoms with Crippen LogP contribution in [-0.2, 0) is 21.9 Å². The topological polar surface area (TPSA) is 55.4 Å². The molecule has 0 bridgehead atoms. The summed E-state index contributed by atoms with van der Waals surface area (Å²) >= 11 is 0. The zero-order chi connectivity index (χ0) is 20.3. The molecule has 1 aromatic carbocycles. The average Bonchev–Trinajstić information content (AvgIpc) is 2.56. The van der Waals surface area contributed by atoms with E-state index in [9.17, 15) is 35.9 Å². The Kier molecular flexibility index (Phi) is 6.67. The maximum absolute atomic E-state index is 12.9. The molecule has 0 aliphatic carbocycles. The number of ether oxygens (including phenoxy) is 1. The van der Waals surface area contributed by atoms with Crippen molar-refractivity contribution in [3.05, 3.63) is 34.9 Å². The average molecular weight is 385 g/mol. The standard InChI is InChI=1S/C16H17F6NO3/c1-4-8(2)12(14(25)26-3)23-13(24)9-5-10(15(17,18)19)7-11(6-9)16(20,21)22/h5-8,12H,4H2,1-3H3,(H,23,24)/t8-,12-/m1/s1. The predicted octanol–water partition coefficient (Wildman–Crippen LogP) is 4.04. The second-order valence-corrected chi connectivity index (χ2v) is 5.65. The monoisotopic (exact) mass is 385 g/mol. The maximum Gasteiger partial charge on any atom is 0.416 e. The van der Waals surface area contributed by atoms with Crippen LogP contribution in [0.15, 0.2) is 18.2 Å². The van der Waals surface area contributed by atoms with Crippen molar-refractivity contribution in [3.63, 3.8) is 0 Å². The number of nitrogens with one attached hydrogen (secondary N) is 1. The third-order valence-electron chi connectivity index (χ3n) is 3.80. The number of halogens is 6. The Morgan fingerprint density at radius 2 is 1.50 bits per heavy atom. The summed E-state index contributed by atoms with van der Waals surface area (Å²) in [5.74, 6) is -2.53. The number of amides is 1. The fourth-order valence-electron chi connectivity index (χ4n) is 2.11. The van der Waals surface area contributed by atoms with E-state index >= 15 is 0 Å². The van der Waals surface area contributed by atoms with Gasteiger partial charge in [0.15, 0.2) is 0 Å². The van der Waals surface area contributed by atoms with E-state index in [0.29, 0.717) is 18.6 Å². The van der Waals surface area contributed by atoms with Crippen LogP contribution < -0.4 is 5.32 Å². The molecule has 1 aromatic rings. The first-order valence-electron chi connectivity index (χ1n) is 7.49. The van der Waals surface area contributed by atoms with Gasteiger partial charge in [0.2, 0.25) is 0 Å². The molecule has 1 amide bonds. The van der Waals surface area contributed by atoms with E-state index in [2.05, 4.69) is 10.1 Å². The van der Waals surface area contributed by atoms with Crippen molar-refractivity contribution >= 4 is 11.9 Å².